The number of nitrogens with two attached hydrogens (primary N) is 1. The van der Waals surface area contributed by atoms with Crippen LogP contribution in [0.25, 0.3) is 10.1 Å². The Bertz CT molecular complexity index is 880. The van der Waals surface area contributed by atoms with Crippen molar-refractivity contribution in [3.05, 3.63) is 29.1 Å². The molecule has 6 nitrogen and oxygen atoms in total. The minimum Gasteiger partial charge on any atom is -0.465 e. The molecule has 2 rings (SSSR count). The van der Waals surface area contributed by atoms with Crippen molar-refractivity contribution in [2.45, 2.75) is 37.6 Å². The number of thiophene rings is 1. The highest BCUT2D eigenvalue weighted by Gasteiger charge is 2.35. The zero-order chi connectivity index (χ0) is 18.8. The maximum Gasteiger partial charge on any atom is 0.349 e. The Hall–Kier alpha value is -1.19. The fourth-order valence-corrected chi connectivity index (χ4v) is 6.21. The van der Waals surface area contributed by atoms with Gasteiger partial charge in [0, 0.05) is 22.2 Å². The number of benzene rings is 1. The molecule has 146 valence electrons. The quantitative estimate of drug-likeness (QED) is 0.670. The average Bonchev–Trinajstić information content (AvgIpc) is 2.93. The predicted octanol–water partition coefficient (Wildman–Crippen LogP) is 3.15. The van der Waals surface area contributed by atoms with Crippen molar-refractivity contribution in [2.24, 2.45) is 11.7 Å². The van der Waals surface area contributed by atoms with E-state index >= 15 is 0 Å². The Labute approximate surface area is 164 Å². The average molecular weight is 421 g/mol. The van der Waals surface area contributed by atoms with E-state index in [1.165, 1.54) is 7.11 Å². The van der Waals surface area contributed by atoms with Gasteiger partial charge in [-0.15, -0.1) is 23.7 Å². The predicted molar refractivity (Wildman–Crippen MR) is 108 cm³/mol. The third kappa shape index (κ3) is 4.75. The van der Waals surface area contributed by atoms with Gasteiger partial charge in [0.05, 0.1) is 7.11 Å². The highest BCUT2D eigenvalue weighted by molar-refractivity contribution is 7.90. The third-order valence-electron chi connectivity index (χ3n) is 3.88. The van der Waals surface area contributed by atoms with E-state index in [4.69, 9.17) is 10.5 Å². The highest BCUT2D eigenvalue weighted by Crippen LogP contribution is 2.36. The number of halogens is 1. The van der Waals surface area contributed by atoms with E-state index in [-0.39, 0.29) is 34.6 Å². The smallest absolute Gasteiger partial charge is 0.349 e. The first-order chi connectivity index (χ1) is 11.6. The van der Waals surface area contributed by atoms with Crippen molar-refractivity contribution < 1.29 is 17.9 Å². The topological polar surface area (TPSA) is 98.5 Å². The third-order valence-corrected chi connectivity index (χ3v) is 6.88. The molecular weight excluding hydrogens is 396 g/mol. The lowest BCUT2D eigenvalue weighted by molar-refractivity contribution is 0.0602. The summed E-state index contributed by atoms with van der Waals surface area (Å²) in [7, 11) is -2.73. The van der Waals surface area contributed by atoms with Gasteiger partial charge in [-0.1, -0.05) is 32.0 Å². The second-order valence-electron chi connectivity index (χ2n) is 6.72. The van der Waals surface area contributed by atoms with Gasteiger partial charge < -0.3 is 10.5 Å². The number of methoxy groups -OCH3 is 1. The van der Waals surface area contributed by atoms with E-state index in [1.54, 1.807) is 31.2 Å². The van der Waals surface area contributed by atoms with Gasteiger partial charge in [0.1, 0.15) is 9.77 Å². The normalized spacial score (nSPS) is 14.1. The molecule has 0 amide bonds. The summed E-state index contributed by atoms with van der Waals surface area (Å²) in [5.74, 6) is -0.407. The zero-order valence-electron chi connectivity index (χ0n) is 15.2. The highest BCUT2D eigenvalue weighted by atomic mass is 35.5. The molecule has 9 heteroatoms. The van der Waals surface area contributed by atoms with Crippen LogP contribution in [0.1, 0.15) is 36.9 Å². The number of rotatable bonds is 7. The minimum absolute atomic E-state index is 0. The van der Waals surface area contributed by atoms with Crippen LogP contribution in [0.2, 0.25) is 0 Å². The SMILES string of the molecule is COC(=O)c1sc2ccccc2c1S(=O)(=O)NC(C)(CN)CC(C)C.Cl. The molecule has 0 fully saturated rings. The maximum atomic E-state index is 13.1. The van der Waals surface area contributed by atoms with Crippen LogP contribution >= 0.6 is 23.7 Å². The molecule has 0 aliphatic heterocycles. The summed E-state index contributed by atoms with van der Waals surface area (Å²) in [6.07, 6.45) is 0.582. The van der Waals surface area contributed by atoms with Crippen molar-refractivity contribution in [1.82, 2.24) is 4.72 Å². The Kier molecular flexibility index (Phi) is 7.62. The Morgan fingerprint density at radius 2 is 1.96 bits per heavy atom. The molecule has 1 atom stereocenters. The number of ether oxygens (including phenoxy) is 1. The van der Waals surface area contributed by atoms with Gasteiger partial charge in [0.2, 0.25) is 10.0 Å². The first-order valence-corrected chi connectivity index (χ1v) is 10.3. The Morgan fingerprint density at radius 1 is 1.35 bits per heavy atom. The summed E-state index contributed by atoms with van der Waals surface area (Å²) >= 11 is 1.11. The van der Waals surface area contributed by atoms with Crippen molar-refractivity contribution in [2.75, 3.05) is 13.7 Å². The second-order valence-corrected chi connectivity index (χ2v) is 9.39. The Morgan fingerprint density at radius 3 is 2.50 bits per heavy atom. The molecule has 0 bridgehead atoms. The molecule has 0 saturated carbocycles. The standard InChI is InChI=1S/C17H24N2O4S2.ClH/c1-11(2)9-17(3,10-18)19-25(21,22)15-12-7-5-6-8-13(12)24-14(15)16(20)23-4;/h5-8,11,19H,9-10,18H2,1-4H3;1H. The first-order valence-electron chi connectivity index (χ1n) is 7.97. The van der Waals surface area contributed by atoms with Crippen LogP contribution in [0, 0.1) is 5.92 Å². The second kappa shape index (κ2) is 8.67. The molecule has 0 aliphatic rings. The van der Waals surface area contributed by atoms with Crippen molar-refractivity contribution >= 4 is 49.8 Å². The molecule has 0 aliphatic carbocycles. The van der Waals surface area contributed by atoms with Crippen LogP contribution in [0.15, 0.2) is 29.2 Å². The van der Waals surface area contributed by atoms with E-state index < -0.39 is 21.5 Å². The first kappa shape index (κ1) is 22.9. The number of carbonyl (C=O) groups is 1. The molecule has 1 heterocycles. The fraction of sp³-hybridized carbons (Fsp3) is 0.471. The maximum absolute atomic E-state index is 13.1. The number of sulfonamides is 1. The van der Waals surface area contributed by atoms with Crippen molar-refractivity contribution in [3.8, 4) is 0 Å². The van der Waals surface area contributed by atoms with Crippen LogP contribution in [0.4, 0.5) is 0 Å². The van der Waals surface area contributed by atoms with Crippen LogP contribution in [0.3, 0.4) is 0 Å². The van der Waals surface area contributed by atoms with Gasteiger partial charge in [-0.2, -0.15) is 0 Å². The molecule has 3 N–H and O–H groups in total. The summed E-state index contributed by atoms with van der Waals surface area (Å²) in [6, 6.07) is 7.01. The van der Waals surface area contributed by atoms with Crippen LogP contribution < -0.4 is 10.5 Å². The molecule has 2 aromatic rings. The molecule has 1 aromatic carbocycles. The van der Waals surface area contributed by atoms with E-state index in [2.05, 4.69) is 4.72 Å². The van der Waals surface area contributed by atoms with Gasteiger partial charge >= 0.3 is 5.97 Å². The fourth-order valence-electron chi connectivity index (χ4n) is 2.96. The van der Waals surface area contributed by atoms with E-state index in [9.17, 15) is 13.2 Å². The number of esters is 1. The molecule has 0 spiro atoms. The number of hydrogen-bond acceptors (Lipinski definition) is 6. The van der Waals surface area contributed by atoms with Gasteiger partial charge in [0.15, 0.2) is 0 Å². The van der Waals surface area contributed by atoms with Crippen LogP contribution in [0.5, 0.6) is 0 Å². The summed E-state index contributed by atoms with van der Waals surface area (Å²) < 4.78 is 34.5. The molecule has 1 aromatic heterocycles. The Balaban J connectivity index is 0.00000338. The number of fused-ring (bicyclic) bond motifs is 1. The molecular formula is C17H25ClN2O4S2. The number of carbonyl (C=O) groups excluding carboxylic acids is 1. The minimum atomic E-state index is -3.97. The van der Waals surface area contributed by atoms with Crippen LogP contribution in [-0.2, 0) is 14.8 Å². The monoisotopic (exact) mass is 420 g/mol. The van der Waals surface area contributed by atoms with Gasteiger partial charge in [0.25, 0.3) is 0 Å². The largest absolute Gasteiger partial charge is 0.465 e. The zero-order valence-corrected chi connectivity index (χ0v) is 17.7. The van der Waals surface area contributed by atoms with Crippen molar-refractivity contribution in [1.29, 1.82) is 0 Å². The van der Waals surface area contributed by atoms with Gasteiger partial charge in [-0.25, -0.2) is 17.9 Å². The van der Waals surface area contributed by atoms with E-state index in [0.717, 1.165) is 11.3 Å². The lowest BCUT2D eigenvalue weighted by Gasteiger charge is -2.30. The molecule has 1 unspecified atom stereocenters. The number of hydrogen-bond donors (Lipinski definition) is 2. The van der Waals surface area contributed by atoms with Crippen molar-refractivity contribution in [3.63, 3.8) is 0 Å². The lowest BCUT2D eigenvalue weighted by atomic mass is 9.92. The number of nitrogens with one attached hydrogen (secondary N) is 1. The summed E-state index contributed by atoms with van der Waals surface area (Å²) in [4.78, 5) is 12.2. The van der Waals surface area contributed by atoms with E-state index in [1.807, 2.05) is 13.8 Å². The summed E-state index contributed by atoms with van der Waals surface area (Å²) in [6.45, 7) is 5.93. The molecule has 26 heavy (non-hydrogen) atoms. The van der Waals surface area contributed by atoms with E-state index in [0.29, 0.717) is 16.5 Å². The van der Waals surface area contributed by atoms with Crippen LogP contribution in [-0.4, -0.2) is 33.6 Å². The van der Waals surface area contributed by atoms with Gasteiger partial charge in [-0.05, 0) is 25.3 Å². The summed E-state index contributed by atoms with van der Waals surface area (Å²) in [5.41, 5.74) is 5.03. The molecule has 0 radical (unpaired) electrons. The molecule has 0 saturated heterocycles. The summed E-state index contributed by atoms with van der Waals surface area (Å²) in [5, 5.41) is 0.504. The van der Waals surface area contributed by atoms with Gasteiger partial charge in [-0.3, -0.25) is 0 Å². The lowest BCUT2D eigenvalue weighted by Crippen LogP contribution is -2.52.